The Balaban J connectivity index is 1.52. The number of pyridine rings is 1. The van der Waals surface area contributed by atoms with Gasteiger partial charge in [-0.25, -0.2) is 0 Å². The summed E-state index contributed by atoms with van der Waals surface area (Å²) < 4.78 is 6.29. The number of amides is 2. The van der Waals surface area contributed by atoms with Crippen molar-refractivity contribution in [2.75, 3.05) is 0 Å². The van der Waals surface area contributed by atoms with Crippen molar-refractivity contribution in [1.82, 2.24) is 10.9 Å². The predicted molar refractivity (Wildman–Crippen MR) is 107 cm³/mol. The van der Waals surface area contributed by atoms with Gasteiger partial charge in [-0.3, -0.25) is 20.4 Å². The van der Waals surface area contributed by atoms with Gasteiger partial charge in [0.25, 0.3) is 11.8 Å². The Morgan fingerprint density at radius 3 is 2.14 bits per heavy atom. The van der Waals surface area contributed by atoms with Gasteiger partial charge in [-0.05, 0) is 48.4 Å². The van der Waals surface area contributed by atoms with E-state index >= 15 is 0 Å². The van der Waals surface area contributed by atoms with Crippen molar-refractivity contribution < 1.29 is 19.1 Å². The molecule has 148 valence electrons. The summed E-state index contributed by atoms with van der Waals surface area (Å²) in [7, 11) is 0. The molecule has 0 unspecified atom stereocenters. The first kappa shape index (κ1) is 20.2. The van der Waals surface area contributed by atoms with Gasteiger partial charge in [-0.1, -0.05) is 23.7 Å². The summed E-state index contributed by atoms with van der Waals surface area (Å²) in [5.74, 6) is -0.281. The minimum absolute atomic E-state index is 0.252. The summed E-state index contributed by atoms with van der Waals surface area (Å²) in [5, 5.41) is 11.7. The predicted octanol–water partition coefficient (Wildman–Crippen LogP) is 2.94. The van der Waals surface area contributed by atoms with Gasteiger partial charge in [0.05, 0.1) is 5.56 Å². The summed E-state index contributed by atoms with van der Waals surface area (Å²) in [6.45, 7) is 2.24. The molecule has 0 saturated carbocycles. The van der Waals surface area contributed by atoms with Gasteiger partial charge in [0, 0.05) is 22.7 Å². The van der Waals surface area contributed by atoms with Gasteiger partial charge < -0.3 is 9.94 Å². The molecule has 7 nitrogen and oxygen atoms in total. The summed E-state index contributed by atoms with van der Waals surface area (Å²) in [6.07, 6.45) is 2.39. The minimum atomic E-state index is -0.526. The quantitative estimate of drug-likeness (QED) is 0.383. The molecule has 2 N–H and O–H groups in total. The number of aromatic nitrogens is 1. The molecule has 1 heterocycles. The van der Waals surface area contributed by atoms with E-state index in [2.05, 4.69) is 10.9 Å². The fraction of sp³-hybridized carbons (Fsp3) is 0.0952. The van der Waals surface area contributed by atoms with E-state index in [9.17, 15) is 14.8 Å². The maximum atomic E-state index is 12.2. The van der Waals surface area contributed by atoms with Gasteiger partial charge in [-0.15, -0.1) is 0 Å². The van der Waals surface area contributed by atoms with Crippen molar-refractivity contribution in [3.05, 3.63) is 99.5 Å². The van der Waals surface area contributed by atoms with Crippen LogP contribution in [0.1, 0.15) is 31.8 Å². The minimum Gasteiger partial charge on any atom is -0.619 e. The molecule has 0 aliphatic carbocycles. The van der Waals surface area contributed by atoms with Crippen LogP contribution in [0.25, 0.3) is 0 Å². The average molecular weight is 412 g/mol. The highest BCUT2D eigenvalue weighted by molar-refractivity contribution is 6.31. The number of hydrogen-bond donors (Lipinski definition) is 2. The van der Waals surface area contributed by atoms with Crippen LogP contribution in [0.5, 0.6) is 5.75 Å². The number of carbonyl (C=O) groups excluding carboxylic acids is 2. The highest BCUT2D eigenvalue weighted by Crippen LogP contribution is 2.21. The Hall–Kier alpha value is -3.58. The maximum Gasteiger partial charge on any atom is 0.270 e. The molecule has 2 aromatic carbocycles. The molecule has 2 amide bonds. The molecule has 3 rings (SSSR count). The Labute approximate surface area is 172 Å². The lowest BCUT2D eigenvalue weighted by Gasteiger charge is -2.09. The summed E-state index contributed by atoms with van der Waals surface area (Å²) in [4.78, 5) is 24.1. The van der Waals surface area contributed by atoms with Gasteiger partial charge in [0.15, 0.2) is 12.4 Å². The second kappa shape index (κ2) is 9.07. The van der Waals surface area contributed by atoms with Crippen LogP contribution in [0.2, 0.25) is 5.02 Å². The van der Waals surface area contributed by atoms with Crippen LogP contribution < -0.4 is 20.3 Å². The van der Waals surface area contributed by atoms with E-state index in [-0.39, 0.29) is 5.56 Å². The van der Waals surface area contributed by atoms with E-state index in [1.54, 1.807) is 36.4 Å². The third kappa shape index (κ3) is 5.46. The molecule has 0 fully saturated rings. The van der Waals surface area contributed by atoms with Crippen LogP contribution in [0.15, 0.2) is 67.0 Å². The zero-order chi connectivity index (χ0) is 20.8. The van der Waals surface area contributed by atoms with Crippen LogP contribution in [0.4, 0.5) is 0 Å². The van der Waals surface area contributed by atoms with Crippen molar-refractivity contribution in [3.8, 4) is 5.75 Å². The van der Waals surface area contributed by atoms with Crippen LogP contribution in [-0.2, 0) is 6.61 Å². The molecule has 29 heavy (non-hydrogen) atoms. The molecule has 0 saturated heterocycles. The molecular formula is C21H18ClN3O4. The molecule has 0 spiro atoms. The van der Waals surface area contributed by atoms with Crippen molar-refractivity contribution >= 4 is 23.4 Å². The van der Waals surface area contributed by atoms with Gasteiger partial charge in [-0.2, -0.15) is 4.73 Å². The third-order valence-corrected chi connectivity index (χ3v) is 4.53. The van der Waals surface area contributed by atoms with Gasteiger partial charge >= 0.3 is 0 Å². The Kier molecular flexibility index (Phi) is 6.31. The van der Waals surface area contributed by atoms with E-state index < -0.39 is 11.8 Å². The number of halogens is 1. The van der Waals surface area contributed by atoms with Crippen molar-refractivity contribution in [2.24, 2.45) is 0 Å². The molecular weight excluding hydrogens is 394 g/mol. The van der Waals surface area contributed by atoms with E-state index in [1.165, 1.54) is 24.5 Å². The van der Waals surface area contributed by atoms with Gasteiger partial charge in [0.2, 0.25) is 0 Å². The zero-order valence-corrected chi connectivity index (χ0v) is 16.3. The standard InChI is InChI=1S/C21H18ClN3O4/c1-14-12-18(6-7-19(14)22)29-13-15-2-4-16(5-3-15)20(26)23-24-21(27)17-8-10-25(28)11-9-17/h2-12H,13H2,1H3,(H,23,26)(H,24,27). The van der Waals surface area contributed by atoms with E-state index in [4.69, 9.17) is 16.3 Å². The molecule has 0 atom stereocenters. The average Bonchev–Trinajstić information content (AvgIpc) is 2.73. The topological polar surface area (TPSA) is 94.4 Å². The first-order valence-corrected chi connectivity index (χ1v) is 9.07. The molecule has 0 radical (unpaired) electrons. The number of aryl methyl sites for hydroxylation is 1. The number of carbonyl (C=O) groups is 2. The van der Waals surface area contributed by atoms with Gasteiger partial charge in [0.1, 0.15) is 12.4 Å². The highest BCUT2D eigenvalue weighted by atomic mass is 35.5. The lowest BCUT2D eigenvalue weighted by Crippen LogP contribution is -2.41. The van der Waals surface area contributed by atoms with Crippen molar-refractivity contribution in [2.45, 2.75) is 13.5 Å². The first-order chi connectivity index (χ1) is 13.9. The number of ether oxygens (including phenoxy) is 1. The molecule has 0 bridgehead atoms. The number of benzene rings is 2. The van der Waals surface area contributed by atoms with Crippen molar-refractivity contribution in [3.63, 3.8) is 0 Å². The first-order valence-electron chi connectivity index (χ1n) is 8.70. The smallest absolute Gasteiger partial charge is 0.270 e. The summed E-state index contributed by atoms with van der Waals surface area (Å²) in [6, 6.07) is 14.9. The molecule has 3 aromatic rings. The lowest BCUT2D eigenvalue weighted by atomic mass is 10.1. The molecule has 8 heteroatoms. The number of rotatable bonds is 5. The Morgan fingerprint density at radius 1 is 0.966 bits per heavy atom. The number of hydrogen-bond acceptors (Lipinski definition) is 4. The molecule has 0 aliphatic rings. The van der Waals surface area contributed by atoms with E-state index in [1.807, 2.05) is 13.0 Å². The van der Waals surface area contributed by atoms with Crippen LogP contribution in [0, 0.1) is 12.1 Å². The monoisotopic (exact) mass is 411 g/mol. The van der Waals surface area contributed by atoms with Crippen LogP contribution in [0.3, 0.4) is 0 Å². The van der Waals surface area contributed by atoms with Crippen LogP contribution in [-0.4, -0.2) is 11.8 Å². The molecule has 0 aliphatic heterocycles. The normalized spacial score (nSPS) is 10.3. The fourth-order valence-electron chi connectivity index (χ4n) is 2.45. The second-order valence-corrected chi connectivity index (χ2v) is 6.66. The number of nitrogens with zero attached hydrogens (tertiary/aromatic N) is 1. The number of hydrazine groups is 1. The Morgan fingerprint density at radius 2 is 1.55 bits per heavy atom. The Bertz CT molecular complexity index is 1020. The largest absolute Gasteiger partial charge is 0.619 e. The number of nitrogens with one attached hydrogen (secondary N) is 2. The van der Waals surface area contributed by atoms with E-state index in [0.29, 0.717) is 27.7 Å². The summed E-state index contributed by atoms with van der Waals surface area (Å²) >= 11 is 6.00. The fourth-order valence-corrected chi connectivity index (χ4v) is 2.57. The maximum absolute atomic E-state index is 12.2. The lowest BCUT2D eigenvalue weighted by molar-refractivity contribution is -0.605. The molecule has 1 aromatic heterocycles. The summed E-state index contributed by atoms with van der Waals surface area (Å²) in [5.41, 5.74) is 7.08. The SMILES string of the molecule is Cc1cc(OCc2ccc(C(=O)NNC(=O)c3cc[n+]([O-])cc3)cc2)ccc1Cl. The second-order valence-electron chi connectivity index (χ2n) is 6.25. The van der Waals surface area contributed by atoms with Crippen LogP contribution >= 0.6 is 11.6 Å². The zero-order valence-electron chi connectivity index (χ0n) is 15.5. The third-order valence-electron chi connectivity index (χ3n) is 4.10. The van der Waals surface area contributed by atoms with Crippen molar-refractivity contribution in [1.29, 1.82) is 0 Å². The highest BCUT2D eigenvalue weighted by Gasteiger charge is 2.10. The van der Waals surface area contributed by atoms with E-state index in [0.717, 1.165) is 11.1 Å².